The van der Waals surface area contributed by atoms with E-state index in [1.165, 1.54) is 0 Å². The Balaban J connectivity index is 1.47. The van der Waals surface area contributed by atoms with Crippen molar-refractivity contribution in [1.29, 1.82) is 0 Å². The van der Waals surface area contributed by atoms with E-state index in [-0.39, 0.29) is 11.3 Å². The summed E-state index contributed by atoms with van der Waals surface area (Å²) in [6.07, 6.45) is 6.98. The minimum absolute atomic E-state index is 0.00828. The molecule has 2 aromatic heterocycles. The minimum atomic E-state index is -3.17. The van der Waals surface area contributed by atoms with E-state index >= 15 is 0 Å². The molecule has 4 rings (SSSR count). The van der Waals surface area contributed by atoms with Crippen LogP contribution in [-0.2, 0) is 23.1 Å². The Morgan fingerprint density at radius 2 is 2.12 bits per heavy atom. The standard InChI is InChI=1S/C16H21N5O2S/c22-24(23,16-3-4-16)19-9-15-12-20(10-13-2-1-6-17-8-13)11-14-5-7-18-21(14)15/h1-2,5-8,15-16,19H,3-4,9-12H2/t15-/m0/s1. The zero-order chi connectivity index (χ0) is 16.6. The van der Waals surface area contributed by atoms with Crippen LogP contribution in [0.5, 0.6) is 0 Å². The average Bonchev–Trinajstić information content (AvgIpc) is 3.34. The molecule has 2 aromatic rings. The second kappa shape index (κ2) is 6.27. The van der Waals surface area contributed by atoms with E-state index in [0.717, 1.165) is 43.7 Å². The molecule has 1 aliphatic heterocycles. The van der Waals surface area contributed by atoms with Crippen LogP contribution >= 0.6 is 0 Å². The number of rotatable bonds is 6. The molecule has 0 bridgehead atoms. The lowest BCUT2D eigenvalue weighted by atomic mass is 10.1. The topological polar surface area (TPSA) is 80.1 Å². The lowest BCUT2D eigenvalue weighted by Crippen LogP contribution is -2.43. The fraction of sp³-hybridized carbons (Fsp3) is 0.500. The SMILES string of the molecule is O=S(=O)(NC[C@H]1CN(Cc2cccnc2)Cc2ccnn21)C1CC1. The molecule has 128 valence electrons. The van der Waals surface area contributed by atoms with E-state index in [9.17, 15) is 8.42 Å². The van der Waals surface area contributed by atoms with Gasteiger partial charge in [0.05, 0.1) is 17.0 Å². The van der Waals surface area contributed by atoms with Crippen molar-refractivity contribution in [2.45, 2.75) is 37.2 Å². The summed E-state index contributed by atoms with van der Waals surface area (Å²) in [7, 11) is -3.17. The highest BCUT2D eigenvalue weighted by atomic mass is 32.2. The summed E-state index contributed by atoms with van der Waals surface area (Å²) in [4.78, 5) is 6.47. The first-order valence-corrected chi connectivity index (χ1v) is 9.78. The van der Waals surface area contributed by atoms with E-state index in [4.69, 9.17) is 0 Å². The molecule has 1 fully saturated rings. The Hall–Kier alpha value is -1.77. The van der Waals surface area contributed by atoms with Crippen LogP contribution in [0.1, 0.15) is 30.1 Å². The molecule has 1 aliphatic carbocycles. The fourth-order valence-corrected chi connectivity index (χ4v) is 4.61. The first kappa shape index (κ1) is 15.7. The molecule has 0 aromatic carbocycles. The van der Waals surface area contributed by atoms with Gasteiger partial charge in [-0.1, -0.05) is 6.07 Å². The van der Waals surface area contributed by atoms with Crippen LogP contribution in [0.15, 0.2) is 36.8 Å². The normalized spacial score (nSPS) is 21.6. The molecule has 0 unspecified atom stereocenters. The Kier molecular flexibility index (Phi) is 4.11. The van der Waals surface area contributed by atoms with Gasteiger partial charge >= 0.3 is 0 Å². The van der Waals surface area contributed by atoms with Crippen molar-refractivity contribution in [2.75, 3.05) is 13.1 Å². The van der Waals surface area contributed by atoms with Gasteiger partial charge in [-0.3, -0.25) is 14.6 Å². The zero-order valence-electron chi connectivity index (χ0n) is 13.4. The molecular weight excluding hydrogens is 326 g/mol. The lowest BCUT2D eigenvalue weighted by molar-refractivity contribution is 0.168. The minimum Gasteiger partial charge on any atom is -0.291 e. The summed E-state index contributed by atoms with van der Waals surface area (Å²) in [5.41, 5.74) is 2.27. The van der Waals surface area contributed by atoms with E-state index in [1.807, 2.05) is 23.0 Å². The zero-order valence-corrected chi connectivity index (χ0v) is 14.2. The van der Waals surface area contributed by atoms with Crippen molar-refractivity contribution in [3.05, 3.63) is 48.0 Å². The number of fused-ring (bicyclic) bond motifs is 1. The highest BCUT2D eigenvalue weighted by molar-refractivity contribution is 7.90. The molecule has 1 N–H and O–H groups in total. The highest BCUT2D eigenvalue weighted by Gasteiger charge is 2.36. The van der Waals surface area contributed by atoms with Crippen molar-refractivity contribution < 1.29 is 8.42 Å². The molecule has 8 heteroatoms. The molecule has 1 atom stereocenters. The van der Waals surface area contributed by atoms with E-state index < -0.39 is 10.0 Å². The summed E-state index contributed by atoms with van der Waals surface area (Å²) >= 11 is 0. The predicted molar refractivity (Wildman–Crippen MR) is 89.6 cm³/mol. The molecule has 0 amide bonds. The summed E-state index contributed by atoms with van der Waals surface area (Å²) in [6.45, 7) is 2.75. The second-order valence-electron chi connectivity index (χ2n) is 6.54. The maximum atomic E-state index is 12.1. The van der Waals surface area contributed by atoms with E-state index in [2.05, 4.69) is 25.8 Å². The number of hydrogen-bond acceptors (Lipinski definition) is 5. The van der Waals surface area contributed by atoms with Crippen molar-refractivity contribution in [3.8, 4) is 0 Å². The Morgan fingerprint density at radius 1 is 1.25 bits per heavy atom. The van der Waals surface area contributed by atoms with Gasteiger partial charge in [0.2, 0.25) is 10.0 Å². The lowest BCUT2D eigenvalue weighted by Gasteiger charge is -2.34. The monoisotopic (exact) mass is 347 g/mol. The van der Waals surface area contributed by atoms with Crippen LogP contribution in [0.3, 0.4) is 0 Å². The number of nitrogens with one attached hydrogen (secondary N) is 1. The number of pyridine rings is 1. The van der Waals surface area contributed by atoms with Crippen LogP contribution in [0.4, 0.5) is 0 Å². The van der Waals surface area contributed by atoms with E-state index in [1.54, 1.807) is 12.4 Å². The molecule has 3 heterocycles. The summed E-state index contributed by atoms with van der Waals surface area (Å²) in [6, 6.07) is 6.00. The van der Waals surface area contributed by atoms with Gasteiger partial charge in [-0.15, -0.1) is 0 Å². The van der Waals surface area contributed by atoms with Gasteiger partial charge in [-0.05, 0) is 30.5 Å². The smallest absolute Gasteiger partial charge is 0.214 e. The molecule has 1 saturated carbocycles. The van der Waals surface area contributed by atoms with Gasteiger partial charge in [0.1, 0.15) is 0 Å². The third-order valence-electron chi connectivity index (χ3n) is 4.57. The fourth-order valence-electron chi connectivity index (χ4n) is 3.19. The van der Waals surface area contributed by atoms with Crippen molar-refractivity contribution in [1.82, 2.24) is 24.4 Å². The second-order valence-corrected chi connectivity index (χ2v) is 8.59. The van der Waals surface area contributed by atoms with Gasteiger partial charge < -0.3 is 0 Å². The van der Waals surface area contributed by atoms with Gasteiger partial charge in [-0.2, -0.15) is 5.10 Å². The Labute approximate surface area is 141 Å². The van der Waals surface area contributed by atoms with Crippen LogP contribution in [0.25, 0.3) is 0 Å². The average molecular weight is 347 g/mol. The number of hydrogen-bond donors (Lipinski definition) is 1. The van der Waals surface area contributed by atoms with Crippen molar-refractivity contribution >= 4 is 10.0 Å². The molecule has 0 radical (unpaired) electrons. The number of aromatic nitrogens is 3. The largest absolute Gasteiger partial charge is 0.291 e. The Morgan fingerprint density at radius 3 is 2.88 bits per heavy atom. The van der Waals surface area contributed by atoms with Gasteiger partial charge in [0.15, 0.2) is 0 Å². The van der Waals surface area contributed by atoms with Gasteiger partial charge in [0, 0.05) is 44.8 Å². The highest BCUT2D eigenvalue weighted by Crippen LogP contribution is 2.28. The molecule has 24 heavy (non-hydrogen) atoms. The molecule has 0 spiro atoms. The first-order valence-electron chi connectivity index (χ1n) is 8.24. The van der Waals surface area contributed by atoms with Gasteiger partial charge in [-0.25, -0.2) is 13.1 Å². The molecule has 2 aliphatic rings. The number of sulfonamides is 1. The summed E-state index contributed by atoms with van der Waals surface area (Å²) in [5, 5.41) is 4.19. The molecular formula is C16H21N5O2S. The maximum Gasteiger partial charge on any atom is 0.214 e. The first-order chi connectivity index (χ1) is 11.6. The van der Waals surface area contributed by atoms with E-state index in [0.29, 0.717) is 6.54 Å². The quantitative estimate of drug-likeness (QED) is 0.840. The van der Waals surface area contributed by atoms with Crippen LogP contribution in [0.2, 0.25) is 0 Å². The number of nitrogens with zero attached hydrogens (tertiary/aromatic N) is 4. The summed E-state index contributed by atoms with van der Waals surface area (Å²) in [5.74, 6) is 0. The molecule has 0 saturated heterocycles. The molecule has 7 nitrogen and oxygen atoms in total. The summed E-state index contributed by atoms with van der Waals surface area (Å²) < 4.78 is 28.9. The third-order valence-corrected chi connectivity index (χ3v) is 6.48. The predicted octanol–water partition coefficient (Wildman–Crippen LogP) is 0.917. The van der Waals surface area contributed by atoms with Gasteiger partial charge in [0.25, 0.3) is 0 Å². The Bertz CT molecular complexity index is 801. The van der Waals surface area contributed by atoms with Crippen molar-refractivity contribution in [2.24, 2.45) is 0 Å². The third kappa shape index (κ3) is 3.35. The maximum absolute atomic E-state index is 12.1. The van der Waals surface area contributed by atoms with Crippen LogP contribution < -0.4 is 4.72 Å². The van der Waals surface area contributed by atoms with Crippen LogP contribution in [0, 0.1) is 0 Å². The van der Waals surface area contributed by atoms with Crippen LogP contribution in [-0.4, -0.2) is 46.4 Å². The van der Waals surface area contributed by atoms with Crippen molar-refractivity contribution in [3.63, 3.8) is 0 Å².